The Labute approximate surface area is 189 Å². The van der Waals surface area contributed by atoms with Gasteiger partial charge in [-0.3, -0.25) is 9.59 Å². The number of amides is 2. The zero-order valence-corrected chi connectivity index (χ0v) is 18.8. The Balaban J connectivity index is 1.43. The lowest BCUT2D eigenvalue weighted by Gasteiger charge is -2.33. The number of nitrogens with zero attached hydrogens (tertiary/aromatic N) is 3. The van der Waals surface area contributed by atoms with Crippen molar-refractivity contribution in [3.63, 3.8) is 0 Å². The number of aromatic nitrogens is 2. The number of nitrogens with one attached hydrogen (secondary N) is 1. The van der Waals surface area contributed by atoms with Gasteiger partial charge in [-0.15, -0.1) is 11.3 Å². The summed E-state index contributed by atoms with van der Waals surface area (Å²) in [5.74, 6) is -0.0185. The van der Waals surface area contributed by atoms with E-state index in [9.17, 15) is 9.59 Å². The van der Waals surface area contributed by atoms with Gasteiger partial charge in [0.25, 0.3) is 5.91 Å². The highest BCUT2D eigenvalue weighted by molar-refractivity contribution is 7.20. The molecule has 164 valence electrons. The fraction of sp³-hybridized carbons (Fsp3) is 0.292. The van der Waals surface area contributed by atoms with Crippen molar-refractivity contribution in [2.75, 3.05) is 33.8 Å². The van der Waals surface area contributed by atoms with Crippen LogP contribution in [0.1, 0.15) is 26.9 Å². The van der Waals surface area contributed by atoms with E-state index in [1.165, 1.54) is 11.3 Å². The fourth-order valence-electron chi connectivity index (χ4n) is 4.24. The number of thiophene rings is 1. The van der Waals surface area contributed by atoms with Crippen molar-refractivity contribution in [1.82, 2.24) is 19.8 Å². The van der Waals surface area contributed by atoms with E-state index < -0.39 is 0 Å². The second-order valence-electron chi connectivity index (χ2n) is 8.14. The second-order valence-corrected chi connectivity index (χ2v) is 9.14. The van der Waals surface area contributed by atoms with Crippen LogP contribution in [0.3, 0.4) is 0 Å². The molecule has 1 fully saturated rings. The molecule has 0 aliphatic carbocycles. The summed E-state index contributed by atoms with van der Waals surface area (Å²) < 4.78 is 6.09. The third kappa shape index (κ3) is 3.65. The summed E-state index contributed by atoms with van der Waals surface area (Å²) in [6, 6.07) is 11.8. The molecule has 1 aliphatic heterocycles. The summed E-state index contributed by atoms with van der Waals surface area (Å²) in [6.07, 6.45) is 3.59. The van der Waals surface area contributed by atoms with Gasteiger partial charge in [0.1, 0.15) is 15.8 Å². The molecule has 4 heterocycles. The maximum atomic E-state index is 13.2. The number of carbonyl (C=O) groups is 2. The lowest BCUT2D eigenvalue weighted by Crippen LogP contribution is -2.43. The molecule has 1 aromatic carbocycles. The highest BCUT2D eigenvalue weighted by Crippen LogP contribution is 2.38. The number of para-hydroxylation sites is 1. The van der Waals surface area contributed by atoms with Crippen molar-refractivity contribution in [3.8, 4) is 0 Å². The summed E-state index contributed by atoms with van der Waals surface area (Å²) in [4.78, 5) is 38.6. The number of pyridine rings is 1. The van der Waals surface area contributed by atoms with E-state index in [-0.39, 0.29) is 17.9 Å². The van der Waals surface area contributed by atoms with Crippen molar-refractivity contribution in [3.05, 3.63) is 64.8 Å². The minimum Gasteiger partial charge on any atom is -0.370 e. The van der Waals surface area contributed by atoms with Crippen molar-refractivity contribution < 1.29 is 14.3 Å². The first-order valence-corrected chi connectivity index (χ1v) is 11.4. The SMILES string of the molecule is CN(C)C(=O)c1sc2ncccc2c1[C@@H]1CN(C(=O)Cc2c[nH]c3ccccc23)CCO1. The van der Waals surface area contributed by atoms with Gasteiger partial charge in [-0.25, -0.2) is 4.98 Å². The molecule has 7 nitrogen and oxygen atoms in total. The molecule has 8 heteroatoms. The first-order chi connectivity index (χ1) is 15.5. The van der Waals surface area contributed by atoms with E-state index >= 15 is 0 Å². The minimum atomic E-state index is -0.368. The third-order valence-corrected chi connectivity index (χ3v) is 6.98. The van der Waals surface area contributed by atoms with Crippen LogP contribution in [0.5, 0.6) is 0 Å². The van der Waals surface area contributed by atoms with Crippen LogP contribution in [0.15, 0.2) is 48.8 Å². The van der Waals surface area contributed by atoms with Crippen LogP contribution in [0.2, 0.25) is 0 Å². The molecule has 1 N–H and O–H groups in total. The molecule has 1 aliphatic rings. The first kappa shape index (κ1) is 20.7. The van der Waals surface area contributed by atoms with Gasteiger partial charge in [-0.2, -0.15) is 0 Å². The smallest absolute Gasteiger partial charge is 0.263 e. The predicted molar refractivity (Wildman–Crippen MR) is 125 cm³/mol. The maximum absolute atomic E-state index is 13.2. The predicted octanol–water partition coefficient (Wildman–Crippen LogP) is 3.62. The molecule has 4 aromatic rings. The van der Waals surface area contributed by atoms with E-state index in [1.807, 2.05) is 47.5 Å². The maximum Gasteiger partial charge on any atom is 0.263 e. The van der Waals surface area contributed by atoms with Crippen LogP contribution in [0.25, 0.3) is 21.1 Å². The number of benzene rings is 1. The number of ether oxygens (including phenoxy) is 1. The number of carbonyl (C=O) groups excluding carboxylic acids is 2. The number of fused-ring (bicyclic) bond motifs is 2. The van der Waals surface area contributed by atoms with E-state index in [0.29, 0.717) is 31.0 Å². The average molecular weight is 449 g/mol. The van der Waals surface area contributed by atoms with Gasteiger partial charge in [-0.05, 0) is 17.7 Å². The lowest BCUT2D eigenvalue weighted by atomic mass is 10.0. The highest BCUT2D eigenvalue weighted by atomic mass is 32.1. The van der Waals surface area contributed by atoms with Crippen LogP contribution in [0.4, 0.5) is 0 Å². The monoisotopic (exact) mass is 448 g/mol. The third-order valence-electron chi connectivity index (χ3n) is 5.86. The van der Waals surface area contributed by atoms with Crippen LogP contribution >= 0.6 is 11.3 Å². The summed E-state index contributed by atoms with van der Waals surface area (Å²) in [5, 5.41) is 1.98. The molecule has 2 amide bonds. The number of hydrogen-bond donors (Lipinski definition) is 1. The minimum absolute atomic E-state index is 0.0567. The normalized spacial score (nSPS) is 16.6. The zero-order chi connectivity index (χ0) is 22.2. The van der Waals surface area contributed by atoms with Crippen molar-refractivity contribution in [2.45, 2.75) is 12.5 Å². The van der Waals surface area contributed by atoms with Gasteiger partial charge in [-0.1, -0.05) is 24.3 Å². The Hall–Kier alpha value is -3.23. The molecular formula is C24H24N4O3S. The van der Waals surface area contributed by atoms with Gasteiger partial charge < -0.3 is 19.5 Å². The molecule has 1 saturated heterocycles. The standard InChI is InChI=1S/C24H24N4O3S/c1-27(2)24(30)22-21(17-7-5-9-25-23(17)32-22)19-14-28(10-11-31-19)20(29)12-15-13-26-18-8-4-3-6-16(15)18/h3-9,13,19,26H,10-12,14H2,1-2H3/t19-/m0/s1. The number of hydrogen-bond acceptors (Lipinski definition) is 5. The molecule has 32 heavy (non-hydrogen) atoms. The molecule has 0 radical (unpaired) electrons. The summed E-state index contributed by atoms with van der Waals surface area (Å²) in [6.45, 7) is 1.38. The average Bonchev–Trinajstić information content (AvgIpc) is 3.40. The molecule has 0 bridgehead atoms. The van der Waals surface area contributed by atoms with Crippen LogP contribution in [-0.4, -0.2) is 65.4 Å². The molecule has 3 aromatic heterocycles. The fourth-order valence-corrected chi connectivity index (χ4v) is 5.45. The van der Waals surface area contributed by atoms with E-state index in [4.69, 9.17) is 4.74 Å². The number of rotatable bonds is 4. The Bertz CT molecular complexity index is 1310. The van der Waals surface area contributed by atoms with Crippen LogP contribution in [-0.2, 0) is 16.0 Å². The number of aromatic amines is 1. The van der Waals surface area contributed by atoms with Gasteiger partial charge in [0.15, 0.2) is 0 Å². The van der Waals surface area contributed by atoms with Crippen LogP contribution in [0, 0.1) is 0 Å². The van der Waals surface area contributed by atoms with E-state index in [2.05, 4.69) is 9.97 Å². The zero-order valence-electron chi connectivity index (χ0n) is 18.0. The second kappa shape index (κ2) is 8.37. The van der Waals surface area contributed by atoms with Crippen LogP contribution < -0.4 is 0 Å². The Morgan fingerprint density at radius 2 is 2.03 bits per heavy atom. The topological polar surface area (TPSA) is 78.5 Å². The molecule has 0 spiro atoms. The van der Waals surface area contributed by atoms with Crippen molar-refractivity contribution in [2.24, 2.45) is 0 Å². The van der Waals surface area contributed by atoms with Gasteiger partial charge in [0.2, 0.25) is 5.91 Å². The summed E-state index contributed by atoms with van der Waals surface area (Å²) in [5.41, 5.74) is 2.85. The number of morpholine rings is 1. The molecule has 1 atom stereocenters. The largest absolute Gasteiger partial charge is 0.370 e. The Kier molecular flexibility index (Phi) is 5.40. The van der Waals surface area contributed by atoms with E-state index in [1.54, 1.807) is 25.2 Å². The Morgan fingerprint density at radius 3 is 2.88 bits per heavy atom. The first-order valence-electron chi connectivity index (χ1n) is 10.6. The van der Waals surface area contributed by atoms with Gasteiger partial charge in [0, 0.05) is 54.9 Å². The Morgan fingerprint density at radius 1 is 1.22 bits per heavy atom. The van der Waals surface area contributed by atoms with Gasteiger partial charge >= 0.3 is 0 Å². The number of H-pyrrole nitrogens is 1. The van der Waals surface area contributed by atoms with Crippen molar-refractivity contribution in [1.29, 1.82) is 0 Å². The van der Waals surface area contributed by atoms with Crippen molar-refractivity contribution >= 4 is 44.3 Å². The van der Waals surface area contributed by atoms with Gasteiger partial charge in [0.05, 0.1) is 19.6 Å². The summed E-state index contributed by atoms with van der Waals surface area (Å²) in [7, 11) is 3.48. The molecule has 0 saturated carbocycles. The summed E-state index contributed by atoms with van der Waals surface area (Å²) >= 11 is 1.38. The molecule has 0 unspecified atom stereocenters. The quantitative estimate of drug-likeness (QED) is 0.517. The van der Waals surface area contributed by atoms with E-state index in [0.717, 1.165) is 32.2 Å². The lowest BCUT2D eigenvalue weighted by molar-refractivity contribution is -0.138. The highest BCUT2D eigenvalue weighted by Gasteiger charge is 2.32. The molecular weight excluding hydrogens is 424 g/mol. The molecule has 5 rings (SSSR count).